The van der Waals surface area contributed by atoms with Gasteiger partial charge in [0.2, 0.25) is 5.91 Å². The van der Waals surface area contributed by atoms with Crippen LogP contribution in [0.1, 0.15) is 53.5 Å². The summed E-state index contributed by atoms with van der Waals surface area (Å²) < 4.78 is 0. The fourth-order valence-corrected chi connectivity index (χ4v) is 4.17. The normalized spacial score (nSPS) is 19.2. The highest BCUT2D eigenvalue weighted by Crippen LogP contribution is 2.32. The Morgan fingerprint density at radius 2 is 2.04 bits per heavy atom. The van der Waals surface area contributed by atoms with E-state index in [0.29, 0.717) is 18.1 Å². The van der Waals surface area contributed by atoms with Gasteiger partial charge in [-0.1, -0.05) is 18.2 Å². The first-order valence-corrected chi connectivity index (χ1v) is 9.11. The Hall–Kier alpha value is -2.43. The maximum atomic E-state index is 12.9. The molecule has 2 aliphatic rings. The number of rotatable bonds is 3. The molecule has 2 aromatic rings. The second-order valence-corrected chi connectivity index (χ2v) is 7.14. The lowest BCUT2D eigenvalue weighted by molar-refractivity contribution is -0.131. The van der Waals surface area contributed by atoms with Crippen molar-refractivity contribution < 1.29 is 4.79 Å². The number of carbonyl (C=O) groups excluding carboxylic acids is 1. The van der Waals surface area contributed by atoms with Gasteiger partial charge in [-0.25, -0.2) is 9.97 Å². The average molecular weight is 336 g/mol. The van der Waals surface area contributed by atoms with Crippen LogP contribution in [-0.4, -0.2) is 27.3 Å². The van der Waals surface area contributed by atoms with E-state index in [2.05, 4.69) is 28.2 Å². The summed E-state index contributed by atoms with van der Waals surface area (Å²) in [6.45, 7) is 2.63. The minimum atomic E-state index is 0.0194. The number of fused-ring (bicyclic) bond motifs is 1. The van der Waals surface area contributed by atoms with Gasteiger partial charge < -0.3 is 10.6 Å². The Morgan fingerprint density at radius 3 is 2.88 bits per heavy atom. The topological polar surface area (TPSA) is 72.1 Å². The van der Waals surface area contributed by atoms with Crippen LogP contribution >= 0.6 is 0 Å². The van der Waals surface area contributed by atoms with E-state index in [0.717, 1.165) is 37.1 Å². The third-order valence-corrected chi connectivity index (χ3v) is 5.31. The maximum Gasteiger partial charge on any atom is 0.227 e. The van der Waals surface area contributed by atoms with Crippen LogP contribution in [0, 0.1) is 6.92 Å². The molecule has 1 aliphatic carbocycles. The summed E-state index contributed by atoms with van der Waals surface area (Å²) in [6.07, 6.45) is 5.95. The molecule has 1 saturated heterocycles. The Bertz CT molecular complexity index is 797. The number of aromatic nitrogens is 2. The molecule has 1 fully saturated rings. The van der Waals surface area contributed by atoms with Crippen molar-refractivity contribution >= 4 is 11.7 Å². The van der Waals surface area contributed by atoms with E-state index in [1.807, 2.05) is 11.8 Å². The number of benzene rings is 1. The lowest BCUT2D eigenvalue weighted by atomic mass is 10.0. The van der Waals surface area contributed by atoms with Crippen LogP contribution in [0.25, 0.3) is 0 Å². The van der Waals surface area contributed by atoms with Gasteiger partial charge >= 0.3 is 0 Å². The highest BCUT2D eigenvalue weighted by atomic mass is 16.2. The van der Waals surface area contributed by atoms with Crippen LogP contribution in [0.2, 0.25) is 0 Å². The molecule has 2 N–H and O–H groups in total. The summed E-state index contributed by atoms with van der Waals surface area (Å²) in [5, 5.41) is 0. The molecule has 1 aromatic carbocycles. The molecule has 0 spiro atoms. The van der Waals surface area contributed by atoms with Gasteiger partial charge in [-0.3, -0.25) is 4.79 Å². The zero-order valence-corrected chi connectivity index (χ0v) is 14.7. The lowest BCUT2D eigenvalue weighted by Crippen LogP contribution is -2.32. The highest BCUT2D eigenvalue weighted by molar-refractivity contribution is 5.79. The summed E-state index contributed by atoms with van der Waals surface area (Å²) in [4.78, 5) is 23.5. The average Bonchev–Trinajstić information content (AvgIpc) is 3.22. The predicted octanol–water partition coefficient (Wildman–Crippen LogP) is 2.76. The summed E-state index contributed by atoms with van der Waals surface area (Å²) in [6, 6.07) is 8.35. The van der Waals surface area contributed by atoms with Gasteiger partial charge in [-0.15, -0.1) is 0 Å². The molecule has 1 aromatic heterocycles. The van der Waals surface area contributed by atoms with Crippen LogP contribution in [0.4, 0.5) is 5.82 Å². The van der Waals surface area contributed by atoms with E-state index in [1.54, 1.807) is 6.07 Å². The smallest absolute Gasteiger partial charge is 0.227 e. The van der Waals surface area contributed by atoms with Crippen LogP contribution in [0.5, 0.6) is 0 Å². The summed E-state index contributed by atoms with van der Waals surface area (Å²) >= 11 is 0. The van der Waals surface area contributed by atoms with Crippen molar-refractivity contribution in [1.29, 1.82) is 0 Å². The largest absolute Gasteiger partial charge is 0.384 e. The molecular weight excluding hydrogens is 312 g/mol. The van der Waals surface area contributed by atoms with Gasteiger partial charge in [0.1, 0.15) is 11.6 Å². The van der Waals surface area contributed by atoms with Gasteiger partial charge in [0.25, 0.3) is 0 Å². The number of nitrogens with two attached hydrogens (primary N) is 1. The molecule has 5 heteroatoms. The zero-order chi connectivity index (χ0) is 17.4. The first-order valence-electron chi connectivity index (χ1n) is 9.11. The Labute approximate surface area is 148 Å². The first-order chi connectivity index (χ1) is 12.1. The van der Waals surface area contributed by atoms with E-state index >= 15 is 0 Å². The molecule has 2 heterocycles. The Kier molecular flexibility index (Phi) is 4.15. The number of nitrogens with zero attached hydrogens (tertiary/aromatic N) is 3. The van der Waals surface area contributed by atoms with Crippen LogP contribution in [-0.2, 0) is 24.1 Å². The van der Waals surface area contributed by atoms with Crippen molar-refractivity contribution in [2.45, 2.75) is 51.5 Å². The van der Waals surface area contributed by atoms with Crippen molar-refractivity contribution in [1.82, 2.24) is 14.9 Å². The highest BCUT2D eigenvalue weighted by Gasteiger charge is 2.31. The molecular formula is C20H24N4O. The minimum absolute atomic E-state index is 0.0194. The number of likely N-dealkylation sites (tertiary alicyclic amines) is 1. The molecule has 5 nitrogen and oxygen atoms in total. The number of nitrogen functional groups attached to an aromatic ring is 1. The fraction of sp³-hybridized carbons (Fsp3) is 0.450. The Balaban J connectivity index is 1.52. The molecule has 4 rings (SSSR count). The summed E-state index contributed by atoms with van der Waals surface area (Å²) in [5.74, 6) is 1.31. The second kappa shape index (κ2) is 6.47. The van der Waals surface area contributed by atoms with Crippen molar-refractivity contribution in [3.8, 4) is 0 Å². The molecule has 25 heavy (non-hydrogen) atoms. The van der Waals surface area contributed by atoms with Gasteiger partial charge in [0.15, 0.2) is 0 Å². The molecule has 0 unspecified atom stereocenters. The number of hydrogen-bond donors (Lipinski definition) is 1. The van der Waals surface area contributed by atoms with Crippen LogP contribution in [0.3, 0.4) is 0 Å². The quantitative estimate of drug-likeness (QED) is 0.935. The molecule has 130 valence electrons. The SMILES string of the molecule is Cc1nc(N)cc([C@H]2CCCN2C(=O)Cc2ccc3c(c2)CCC3)n1. The van der Waals surface area contributed by atoms with Crippen LogP contribution in [0.15, 0.2) is 24.3 Å². The third kappa shape index (κ3) is 3.23. The molecule has 0 bridgehead atoms. The third-order valence-electron chi connectivity index (χ3n) is 5.31. The zero-order valence-electron chi connectivity index (χ0n) is 14.7. The number of aryl methyl sites for hydroxylation is 3. The van der Waals surface area contributed by atoms with Gasteiger partial charge in [-0.2, -0.15) is 0 Å². The number of amides is 1. The fourth-order valence-electron chi connectivity index (χ4n) is 4.17. The summed E-state index contributed by atoms with van der Waals surface area (Å²) in [5.41, 5.74) is 10.7. The van der Waals surface area contributed by atoms with Crippen molar-refractivity contribution in [2.75, 3.05) is 12.3 Å². The number of hydrogen-bond acceptors (Lipinski definition) is 4. The number of anilines is 1. The molecule has 0 saturated carbocycles. The van der Waals surface area contributed by atoms with E-state index in [1.165, 1.54) is 24.0 Å². The van der Waals surface area contributed by atoms with E-state index < -0.39 is 0 Å². The van der Waals surface area contributed by atoms with Gasteiger partial charge in [0.05, 0.1) is 18.2 Å². The van der Waals surface area contributed by atoms with Gasteiger partial charge in [0, 0.05) is 12.6 Å². The van der Waals surface area contributed by atoms with Gasteiger partial charge in [-0.05, 0) is 55.7 Å². The van der Waals surface area contributed by atoms with E-state index in [9.17, 15) is 4.79 Å². The molecule has 1 atom stereocenters. The minimum Gasteiger partial charge on any atom is -0.384 e. The lowest BCUT2D eigenvalue weighted by Gasteiger charge is -2.25. The first kappa shape index (κ1) is 16.1. The molecule has 0 radical (unpaired) electrons. The molecule has 1 aliphatic heterocycles. The van der Waals surface area contributed by atoms with E-state index in [-0.39, 0.29) is 11.9 Å². The van der Waals surface area contributed by atoms with Crippen LogP contribution < -0.4 is 5.73 Å². The Morgan fingerprint density at radius 1 is 1.20 bits per heavy atom. The van der Waals surface area contributed by atoms with E-state index in [4.69, 9.17) is 5.73 Å². The second-order valence-electron chi connectivity index (χ2n) is 7.14. The molecule has 1 amide bonds. The van der Waals surface area contributed by atoms with Crippen molar-refractivity contribution in [2.24, 2.45) is 0 Å². The standard InChI is InChI=1S/C20H24N4O/c1-13-22-17(12-19(21)23-13)18-6-3-9-24(18)20(25)11-14-7-8-15-4-2-5-16(15)10-14/h7-8,10,12,18H,2-6,9,11H2,1H3,(H2,21,22,23)/t18-/m1/s1. The summed E-state index contributed by atoms with van der Waals surface area (Å²) in [7, 11) is 0. The monoisotopic (exact) mass is 336 g/mol. The van der Waals surface area contributed by atoms with Crippen molar-refractivity contribution in [3.05, 3.63) is 52.5 Å². The maximum absolute atomic E-state index is 12.9. The number of carbonyl (C=O) groups is 1. The van der Waals surface area contributed by atoms with Crippen molar-refractivity contribution in [3.63, 3.8) is 0 Å². The predicted molar refractivity (Wildman–Crippen MR) is 97.0 cm³/mol.